The molecule has 0 spiro atoms. The average molecular weight is 261 g/mol. The summed E-state index contributed by atoms with van der Waals surface area (Å²) >= 11 is 2.36. The Hall–Kier alpha value is -0.0400. The minimum atomic E-state index is -0.149. The fourth-order valence-corrected chi connectivity index (χ4v) is 2.10. The van der Waals surface area contributed by atoms with E-state index in [0.29, 0.717) is 5.92 Å². The maximum atomic E-state index is 8.87. The topological polar surface area (TPSA) is 23.8 Å². The molecular formula is C9H12IN. The van der Waals surface area contributed by atoms with Crippen molar-refractivity contribution in [3.8, 4) is 6.07 Å². The summed E-state index contributed by atoms with van der Waals surface area (Å²) in [5.41, 5.74) is -0.149. The fraction of sp³-hybridized carbons (Fsp3) is 0.667. The highest BCUT2D eigenvalue weighted by molar-refractivity contribution is 14.1. The lowest BCUT2D eigenvalue weighted by molar-refractivity contribution is 0.309. The predicted octanol–water partition coefficient (Wildman–Crippen LogP) is 3.27. The lowest BCUT2D eigenvalue weighted by atomic mass is 9.79. The van der Waals surface area contributed by atoms with Crippen LogP contribution in [0.2, 0.25) is 0 Å². The molecule has 0 aliphatic heterocycles. The van der Waals surface area contributed by atoms with Gasteiger partial charge in [-0.2, -0.15) is 5.26 Å². The first-order valence-electron chi connectivity index (χ1n) is 3.82. The van der Waals surface area contributed by atoms with Gasteiger partial charge in [0.25, 0.3) is 0 Å². The van der Waals surface area contributed by atoms with E-state index in [0.717, 1.165) is 12.8 Å². The van der Waals surface area contributed by atoms with Crippen LogP contribution in [0.25, 0.3) is 0 Å². The van der Waals surface area contributed by atoms with E-state index in [-0.39, 0.29) is 5.41 Å². The normalized spacial score (nSPS) is 24.5. The van der Waals surface area contributed by atoms with Crippen molar-refractivity contribution < 1.29 is 0 Å². The molecule has 0 aromatic carbocycles. The highest BCUT2D eigenvalue weighted by Crippen LogP contribution is 2.40. The first-order valence-corrected chi connectivity index (χ1v) is 4.90. The van der Waals surface area contributed by atoms with Gasteiger partial charge in [0.15, 0.2) is 0 Å². The molecular weight excluding hydrogens is 249 g/mol. The second-order valence-electron chi connectivity index (χ2n) is 3.62. The number of allylic oxidation sites excluding steroid dienone is 2. The number of nitriles is 1. The van der Waals surface area contributed by atoms with Gasteiger partial charge < -0.3 is 0 Å². The van der Waals surface area contributed by atoms with Crippen LogP contribution in [0.3, 0.4) is 0 Å². The summed E-state index contributed by atoms with van der Waals surface area (Å²) in [6, 6.07) is 2.37. The van der Waals surface area contributed by atoms with Crippen molar-refractivity contribution in [2.45, 2.75) is 26.7 Å². The molecule has 1 aliphatic rings. The molecule has 0 unspecified atom stereocenters. The minimum Gasteiger partial charge on any atom is -0.198 e. The van der Waals surface area contributed by atoms with Crippen molar-refractivity contribution >= 4 is 22.6 Å². The molecule has 1 rings (SSSR count). The van der Waals surface area contributed by atoms with E-state index in [1.807, 2.05) is 13.8 Å². The first-order chi connectivity index (χ1) is 5.06. The van der Waals surface area contributed by atoms with Crippen LogP contribution in [0.4, 0.5) is 0 Å². The number of nitrogens with zero attached hydrogens (tertiary/aromatic N) is 1. The molecule has 0 saturated heterocycles. The summed E-state index contributed by atoms with van der Waals surface area (Å²) in [6.45, 7) is 4.06. The molecule has 0 bridgehead atoms. The van der Waals surface area contributed by atoms with Crippen LogP contribution >= 0.6 is 22.6 Å². The molecule has 0 heterocycles. The fourth-order valence-electron chi connectivity index (χ4n) is 1.31. The van der Waals surface area contributed by atoms with E-state index in [1.54, 1.807) is 0 Å². The van der Waals surface area contributed by atoms with Crippen LogP contribution in [-0.2, 0) is 0 Å². The smallest absolute Gasteiger partial charge is 0.0687 e. The second kappa shape index (κ2) is 3.14. The maximum Gasteiger partial charge on any atom is 0.0687 e. The zero-order valence-electron chi connectivity index (χ0n) is 6.89. The highest BCUT2D eigenvalue weighted by Gasteiger charge is 2.31. The number of halogens is 1. The molecule has 0 radical (unpaired) electrons. The zero-order valence-corrected chi connectivity index (χ0v) is 9.05. The quantitative estimate of drug-likeness (QED) is 0.664. The van der Waals surface area contributed by atoms with Crippen molar-refractivity contribution in [1.29, 1.82) is 5.26 Å². The molecule has 1 aliphatic carbocycles. The summed E-state index contributed by atoms with van der Waals surface area (Å²) in [5, 5.41) is 8.87. The van der Waals surface area contributed by atoms with Gasteiger partial charge in [-0.25, -0.2) is 0 Å². The van der Waals surface area contributed by atoms with E-state index in [4.69, 9.17) is 5.26 Å². The Labute approximate surface area is 81.6 Å². The molecule has 0 N–H and O–H groups in total. The van der Waals surface area contributed by atoms with Gasteiger partial charge in [0, 0.05) is 0 Å². The third-order valence-electron chi connectivity index (χ3n) is 2.37. The molecule has 0 saturated carbocycles. The van der Waals surface area contributed by atoms with Gasteiger partial charge in [-0.15, -0.1) is 0 Å². The van der Waals surface area contributed by atoms with Crippen LogP contribution in [0.5, 0.6) is 0 Å². The van der Waals surface area contributed by atoms with Gasteiger partial charge in [0.1, 0.15) is 0 Å². The van der Waals surface area contributed by atoms with Gasteiger partial charge in [0.2, 0.25) is 0 Å². The summed E-state index contributed by atoms with van der Waals surface area (Å²) < 4.78 is 1.41. The van der Waals surface area contributed by atoms with Gasteiger partial charge >= 0.3 is 0 Å². The Morgan fingerprint density at radius 1 is 1.73 bits per heavy atom. The van der Waals surface area contributed by atoms with Crippen LogP contribution in [0.1, 0.15) is 26.7 Å². The molecule has 0 aromatic rings. The highest BCUT2D eigenvalue weighted by atomic mass is 127. The van der Waals surface area contributed by atoms with Crippen molar-refractivity contribution in [3.05, 3.63) is 9.66 Å². The SMILES string of the molecule is CC(C)(C#N)[C@@H]1CC=C(I)C1. The molecule has 0 aromatic heterocycles. The summed E-state index contributed by atoms with van der Waals surface area (Å²) in [5.74, 6) is 0.541. The Bertz CT molecular complexity index is 222. The number of hydrogen-bond acceptors (Lipinski definition) is 1. The van der Waals surface area contributed by atoms with E-state index >= 15 is 0 Å². The van der Waals surface area contributed by atoms with Crippen LogP contribution in [-0.4, -0.2) is 0 Å². The molecule has 0 amide bonds. The molecule has 11 heavy (non-hydrogen) atoms. The Morgan fingerprint density at radius 3 is 2.73 bits per heavy atom. The standard InChI is InChI=1S/C9H12IN/c1-9(2,6-11)7-3-4-8(10)5-7/h4,7H,3,5H2,1-2H3/t7-/m1/s1. The average Bonchev–Trinajstić information content (AvgIpc) is 2.36. The van der Waals surface area contributed by atoms with Gasteiger partial charge in [-0.05, 0) is 58.8 Å². The largest absolute Gasteiger partial charge is 0.198 e. The summed E-state index contributed by atoms with van der Waals surface area (Å²) in [6.07, 6.45) is 4.42. The maximum absolute atomic E-state index is 8.87. The summed E-state index contributed by atoms with van der Waals surface area (Å²) in [7, 11) is 0. The van der Waals surface area contributed by atoms with Gasteiger partial charge in [0.05, 0.1) is 11.5 Å². The molecule has 60 valence electrons. The van der Waals surface area contributed by atoms with Gasteiger partial charge in [-0.1, -0.05) is 6.08 Å². The molecule has 2 heteroatoms. The monoisotopic (exact) mass is 261 g/mol. The van der Waals surface area contributed by atoms with Gasteiger partial charge in [-0.3, -0.25) is 0 Å². The predicted molar refractivity (Wildman–Crippen MR) is 54.2 cm³/mol. The number of hydrogen-bond donors (Lipinski definition) is 0. The van der Waals surface area contributed by atoms with Crippen molar-refractivity contribution in [3.63, 3.8) is 0 Å². The third kappa shape index (κ3) is 1.96. The van der Waals surface area contributed by atoms with Crippen molar-refractivity contribution in [2.75, 3.05) is 0 Å². The molecule has 1 atom stereocenters. The lowest BCUT2D eigenvalue weighted by Crippen LogP contribution is -2.19. The van der Waals surface area contributed by atoms with Crippen LogP contribution < -0.4 is 0 Å². The van der Waals surface area contributed by atoms with E-state index < -0.39 is 0 Å². The summed E-state index contributed by atoms with van der Waals surface area (Å²) in [4.78, 5) is 0. The second-order valence-corrected chi connectivity index (χ2v) is 5.01. The minimum absolute atomic E-state index is 0.149. The van der Waals surface area contributed by atoms with E-state index in [9.17, 15) is 0 Å². The van der Waals surface area contributed by atoms with E-state index in [2.05, 4.69) is 34.7 Å². The first kappa shape index (κ1) is 9.05. The van der Waals surface area contributed by atoms with Crippen LogP contribution in [0.15, 0.2) is 9.66 Å². The number of rotatable bonds is 1. The third-order valence-corrected chi connectivity index (χ3v) is 3.25. The molecule has 1 nitrogen and oxygen atoms in total. The Morgan fingerprint density at radius 2 is 2.36 bits per heavy atom. The van der Waals surface area contributed by atoms with Crippen molar-refractivity contribution in [2.24, 2.45) is 11.3 Å². The van der Waals surface area contributed by atoms with Crippen molar-refractivity contribution in [1.82, 2.24) is 0 Å². The molecule has 0 fully saturated rings. The Balaban J connectivity index is 2.61. The Kier molecular flexibility index (Phi) is 2.58. The zero-order chi connectivity index (χ0) is 8.48. The van der Waals surface area contributed by atoms with E-state index in [1.165, 1.54) is 3.58 Å². The lowest BCUT2D eigenvalue weighted by Gasteiger charge is -2.23. The van der Waals surface area contributed by atoms with Crippen LogP contribution in [0, 0.1) is 22.7 Å².